The third-order valence-corrected chi connectivity index (χ3v) is 2.84. The Morgan fingerprint density at radius 2 is 2.19 bits per heavy atom. The van der Waals surface area contributed by atoms with Gasteiger partial charge in [0, 0.05) is 6.54 Å². The zero-order valence-electron chi connectivity index (χ0n) is 8.61. The van der Waals surface area contributed by atoms with E-state index in [1.807, 2.05) is 0 Å². The van der Waals surface area contributed by atoms with Crippen LogP contribution < -0.4 is 10.5 Å². The van der Waals surface area contributed by atoms with Crippen molar-refractivity contribution < 1.29 is 12.8 Å². The zero-order valence-corrected chi connectivity index (χ0v) is 9.43. The van der Waals surface area contributed by atoms with E-state index in [1.165, 1.54) is 12.1 Å². The SMILES string of the molecule is C=CCCNc1ccc(S(N)(=O)=O)cc1F. The Morgan fingerprint density at radius 1 is 1.50 bits per heavy atom. The van der Waals surface area contributed by atoms with Gasteiger partial charge in [0.1, 0.15) is 5.82 Å². The van der Waals surface area contributed by atoms with Gasteiger partial charge < -0.3 is 5.32 Å². The second-order valence-corrected chi connectivity index (χ2v) is 4.75. The molecule has 0 aliphatic rings. The summed E-state index contributed by atoms with van der Waals surface area (Å²) in [5.74, 6) is -0.643. The van der Waals surface area contributed by atoms with Gasteiger partial charge in [-0.1, -0.05) is 6.08 Å². The smallest absolute Gasteiger partial charge is 0.238 e. The van der Waals surface area contributed by atoms with E-state index >= 15 is 0 Å². The molecule has 0 aromatic heterocycles. The molecule has 1 aromatic carbocycles. The zero-order chi connectivity index (χ0) is 12.2. The molecular formula is C10H13FN2O2S. The number of hydrogen-bond donors (Lipinski definition) is 2. The lowest BCUT2D eigenvalue weighted by Crippen LogP contribution is -2.13. The van der Waals surface area contributed by atoms with Gasteiger partial charge in [-0.2, -0.15) is 0 Å². The molecule has 0 unspecified atom stereocenters. The molecule has 88 valence electrons. The molecule has 0 saturated heterocycles. The van der Waals surface area contributed by atoms with Crippen LogP contribution in [0.4, 0.5) is 10.1 Å². The van der Waals surface area contributed by atoms with Gasteiger partial charge in [-0.3, -0.25) is 0 Å². The van der Waals surface area contributed by atoms with Crippen molar-refractivity contribution in [1.82, 2.24) is 0 Å². The summed E-state index contributed by atoms with van der Waals surface area (Å²) in [5, 5.41) is 7.68. The predicted octanol–water partition coefficient (Wildman–Crippen LogP) is 1.46. The second kappa shape index (κ2) is 5.09. The maximum absolute atomic E-state index is 13.4. The maximum atomic E-state index is 13.4. The number of halogens is 1. The fourth-order valence-electron chi connectivity index (χ4n) is 1.13. The number of primary sulfonamides is 1. The van der Waals surface area contributed by atoms with Crippen LogP contribution in [0.15, 0.2) is 35.7 Å². The topological polar surface area (TPSA) is 72.2 Å². The van der Waals surface area contributed by atoms with Crippen molar-refractivity contribution in [2.75, 3.05) is 11.9 Å². The number of hydrogen-bond acceptors (Lipinski definition) is 3. The number of nitrogens with one attached hydrogen (secondary N) is 1. The second-order valence-electron chi connectivity index (χ2n) is 3.19. The molecule has 6 heteroatoms. The molecule has 0 bridgehead atoms. The van der Waals surface area contributed by atoms with Crippen molar-refractivity contribution in [1.29, 1.82) is 0 Å². The van der Waals surface area contributed by atoms with Crippen molar-refractivity contribution in [3.8, 4) is 0 Å². The Kier molecular flexibility index (Phi) is 4.03. The first-order valence-corrected chi connectivity index (χ1v) is 6.17. The summed E-state index contributed by atoms with van der Waals surface area (Å²) in [5.41, 5.74) is 0.245. The highest BCUT2D eigenvalue weighted by Crippen LogP contribution is 2.17. The van der Waals surface area contributed by atoms with E-state index in [1.54, 1.807) is 6.08 Å². The maximum Gasteiger partial charge on any atom is 0.238 e. The summed E-state index contributed by atoms with van der Waals surface area (Å²) in [6.45, 7) is 4.07. The van der Waals surface area contributed by atoms with Gasteiger partial charge in [0.05, 0.1) is 10.6 Å². The van der Waals surface area contributed by atoms with Gasteiger partial charge in [0.25, 0.3) is 0 Å². The fourth-order valence-corrected chi connectivity index (χ4v) is 1.65. The molecule has 4 nitrogen and oxygen atoms in total. The van der Waals surface area contributed by atoms with Crippen molar-refractivity contribution in [3.05, 3.63) is 36.7 Å². The summed E-state index contributed by atoms with van der Waals surface area (Å²) in [4.78, 5) is -0.237. The Morgan fingerprint density at radius 3 is 2.69 bits per heavy atom. The molecule has 0 spiro atoms. The van der Waals surface area contributed by atoms with E-state index in [0.29, 0.717) is 13.0 Å². The molecule has 0 aliphatic heterocycles. The summed E-state index contributed by atoms with van der Waals surface area (Å²) >= 11 is 0. The molecule has 0 saturated carbocycles. The Hall–Kier alpha value is -1.40. The van der Waals surface area contributed by atoms with E-state index in [4.69, 9.17) is 5.14 Å². The molecule has 0 radical (unpaired) electrons. The summed E-state index contributed by atoms with van der Waals surface area (Å²) in [6, 6.07) is 3.50. The van der Waals surface area contributed by atoms with Crippen molar-refractivity contribution in [2.24, 2.45) is 5.14 Å². The van der Waals surface area contributed by atoms with Crippen LogP contribution in [0.5, 0.6) is 0 Å². The summed E-state index contributed by atoms with van der Waals surface area (Å²) in [7, 11) is -3.85. The molecule has 16 heavy (non-hydrogen) atoms. The Balaban J connectivity index is 2.88. The van der Waals surface area contributed by atoms with Crippen molar-refractivity contribution in [3.63, 3.8) is 0 Å². The molecule has 0 aliphatic carbocycles. The van der Waals surface area contributed by atoms with Crippen molar-refractivity contribution in [2.45, 2.75) is 11.3 Å². The number of rotatable bonds is 5. The molecule has 3 N–H and O–H groups in total. The first-order chi connectivity index (χ1) is 7.45. The summed E-state index contributed by atoms with van der Waals surface area (Å²) < 4.78 is 35.3. The van der Waals surface area contributed by atoms with Crippen LogP contribution in [0.2, 0.25) is 0 Å². The molecular weight excluding hydrogens is 231 g/mol. The van der Waals surface area contributed by atoms with Gasteiger partial charge in [0.2, 0.25) is 10.0 Å². The molecule has 0 heterocycles. The molecule has 0 fully saturated rings. The van der Waals surface area contributed by atoms with Gasteiger partial charge in [-0.05, 0) is 24.6 Å². The third-order valence-electron chi connectivity index (χ3n) is 1.93. The average molecular weight is 244 g/mol. The minimum Gasteiger partial charge on any atom is -0.382 e. The largest absolute Gasteiger partial charge is 0.382 e. The lowest BCUT2D eigenvalue weighted by atomic mass is 10.3. The Labute approximate surface area is 94.0 Å². The van der Waals surface area contributed by atoms with Crippen LogP contribution in [0.3, 0.4) is 0 Å². The number of anilines is 1. The first-order valence-electron chi connectivity index (χ1n) is 4.62. The summed E-state index contributed by atoms with van der Waals surface area (Å²) in [6.07, 6.45) is 2.39. The van der Waals surface area contributed by atoms with Crippen LogP contribution in [0.1, 0.15) is 6.42 Å². The number of benzene rings is 1. The molecule has 1 aromatic rings. The van der Waals surface area contributed by atoms with Crippen LogP contribution in [0, 0.1) is 5.82 Å². The van der Waals surface area contributed by atoms with E-state index in [-0.39, 0.29) is 10.6 Å². The number of sulfonamides is 1. The van der Waals surface area contributed by atoms with Gasteiger partial charge >= 0.3 is 0 Å². The highest BCUT2D eigenvalue weighted by atomic mass is 32.2. The van der Waals surface area contributed by atoms with E-state index in [0.717, 1.165) is 6.07 Å². The minimum absolute atomic E-state index is 0.237. The molecule has 0 atom stereocenters. The first kappa shape index (κ1) is 12.7. The minimum atomic E-state index is -3.85. The van der Waals surface area contributed by atoms with Crippen molar-refractivity contribution >= 4 is 15.7 Å². The van der Waals surface area contributed by atoms with Gasteiger partial charge in [0.15, 0.2) is 0 Å². The van der Waals surface area contributed by atoms with Crippen LogP contribution in [0.25, 0.3) is 0 Å². The molecule has 0 amide bonds. The van der Waals surface area contributed by atoms with Crippen LogP contribution in [-0.2, 0) is 10.0 Å². The van der Waals surface area contributed by atoms with Crippen LogP contribution >= 0.6 is 0 Å². The lowest BCUT2D eigenvalue weighted by Gasteiger charge is -2.07. The van der Waals surface area contributed by atoms with E-state index in [2.05, 4.69) is 11.9 Å². The number of nitrogens with two attached hydrogens (primary N) is 1. The normalized spacial score (nSPS) is 11.1. The van der Waals surface area contributed by atoms with Gasteiger partial charge in [-0.25, -0.2) is 17.9 Å². The third kappa shape index (κ3) is 3.32. The average Bonchev–Trinajstić information content (AvgIpc) is 2.19. The van der Waals surface area contributed by atoms with E-state index < -0.39 is 15.8 Å². The predicted molar refractivity (Wildman–Crippen MR) is 61.1 cm³/mol. The highest BCUT2D eigenvalue weighted by molar-refractivity contribution is 7.89. The van der Waals surface area contributed by atoms with E-state index in [9.17, 15) is 12.8 Å². The van der Waals surface area contributed by atoms with Crippen LogP contribution in [-0.4, -0.2) is 15.0 Å². The van der Waals surface area contributed by atoms with Gasteiger partial charge in [-0.15, -0.1) is 6.58 Å². The fraction of sp³-hybridized carbons (Fsp3) is 0.200. The monoisotopic (exact) mass is 244 g/mol. The standard InChI is InChI=1S/C10H13FN2O2S/c1-2-3-6-13-10-5-4-8(7-9(10)11)16(12,14)15/h2,4-5,7,13H,1,3,6H2,(H2,12,14,15). The Bertz CT molecular complexity index is 486. The highest BCUT2D eigenvalue weighted by Gasteiger charge is 2.10. The lowest BCUT2D eigenvalue weighted by molar-refractivity contribution is 0.593. The quantitative estimate of drug-likeness (QED) is 0.608. The molecule has 1 rings (SSSR count).